The van der Waals surface area contributed by atoms with Crippen LogP contribution in [0.25, 0.3) is 0 Å². The molecule has 4 rings (SSSR count). The molecule has 1 aliphatic carbocycles. The maximum Gasteiger partial charge on any atom is 0.0568 e. The Balaban J connectivity index is 1.81. The highest BCUT2D eigenvalue weighted by molar-refractivity contribution is 6.35. The molecule has 2 nitrogen and oxygen atoms in total. The zero-order valence-corrected chi connectivity index (χ0v) is 13.4. The van der Waals surface area contributed by atoms with Gasteiger partial charge in [0.2, 0.25) is 0 Å². The first-order valence-corrected chi connectivity index (χ1v) is 8.16. The van der Waals surface area contributed by atoms with E-state index in [0.717, 1.165) is 28.4 Å². The lowest BCUT2D eigenvalue weighted by atomic mass is 9.77. The minimum Gasteiger partial charge on any atom is -0.399 e. The third kappa shape index (κ3) is 2.18. The molecule has 0 unspecified atom stereocenters. The van der Waals surface area contributed by atoms with Gasteiger partial charge in [0.1, 0.15) is 0 Å². The number of hydrogen-bond acceptors (Lipinski definition) is 2. The predicted octanol–water partition coefficient (Wildman–Crippen LogP) is 5.40. The Morgan fingerprint density at radius 2 is 1.91 bits per heavy atom. The molecule has 3 N–H and O–H groups in total. The second kappa shape index (κ2) is 5.22. The van der Waals surface area contributed by atoms with Gasteiger partial charge in [0.15, 0.2) is 0 Å². The van der Waals surface area contributed by atoms with Crippen molar-refractivity contribution in [2.45, 2.75) is 18.4 Å². The number of allylic oxidation sites excluding steroid dienone is 2. The molecule has 2 aromatic carbocycles. The minimum absolute atomic E-state index is 0.181. The third-order valence-corrected chi connectivity index (χ3v) is 5.25. The van der Waals surface area contributed by atoms with E-state index >= 15 is 0 Å². The highest BCUT2D eigenvalue weighted by Gasteiger charge is 2.38. The zero-order chi connectivity index (χ0) is 15.3. The summed E-state index contributed by atoms with van der Waals surface area (Å²) < 4.78 is 0. The number of benzene rings is 2. The van der Waals surface area contributed by atoms with Gasteiger partial charge in [-0.15, -0.1) is 0 Å². The zero-order valence-electron chi connectivity index (χ0n) is 11.9. The Morgan fingerprint density at radius 1 is 1.05 bits per heavy atom. The minimum atomic E-state index is 0.181. The lowest BCUT2D eigenvalue weighted by Gasteiger charge is -2.38. The van der Waals surface area contributed by atoms with Crippen molar-refractivity contribution in [1.82, 2.24) is 0 Å². The van der Waals surface area contributed by atoms with Gasteiger partial charge in [-0.3, -0.25) is 0 Å². The number of rotatable bonds is 1. The van der Waals surface area contributed by atoms with Gasteiger partial charge in [-0.05, 0) is 53.8 Å². The molecule has 0 saturated carbocycles. The predicted molar refractivity (Wildman–Crippen MR) is 93.7 cm³/mol. The van der Waals surface area contributed by atoms with Crippen molar-refractivity contribution in [2.75, 3.05) is 11.1 Å². The molecular formula is C18H16Cl2N2. The summed E-state index contributed by atoms with van der Waals surface area (Å²) >= 11 is 12.5. The van der Waals surface area contributed by atoms with E-state index in [1.807, 2.05) is 24.3 Å². The number of nitrogens with two attached hydrogens (primary N) is 1. The molecule has 0 bridgehead atoms. The quantitative estimate of drug-likeness (QED) is 0.542. The maximum absolute atomic E-state index is 6.44. The Hall–Kier alpha value is -1.64. The lowest BCUT2D eigenvalue weighted by molar-refractivity contribution is 0.426. The standard InChI is InChI=1S/C18H16Cl2N2/c19-10-4-6-14(16(20)8-10)18-13-3-1-2-12(13)15-9-11(21)5-7-17(15)22-18/h1-2,4-9,12-13,18,22H,3,21H2/t12-,13-,18-/m1/s1. The average molecular weight is 331 g/mol. The number of fused-ring (bicyclic) bond motifs is 3. The maximum atomic E-state index is 6.44. The molecule has 1 aliphatic heterocycles. The third-order valence-electron chi connectivity index (χ3n) is 4.68. The summed E-state index contributed by atoms with van der Waals surface area (Å²) in [6.45, 7) is 0. The van der Waals surface area contributed by atoms with Crippen molar-refractivity contribution < 1.29 is 0 Å². The van der Waals surface area contributed by atoms with Gasteiger partial charge >= 0.3 is 0 Å². The number of nitrogens with one attached hydrogen (secondary N) is 1. The SMILES string of the molecule is Nc1ccc2c(c1)[C@@H]1C=CC[C@H]1[C@H](c1ccc(Cl)cc1Cl)N2. The Kier molecular flexibility index (Phi) is 3.32. The van der Waals surface area contributed by atoms with Crippen LogP contribution in [-0.2, 0) is 0 Å². The van der Waals surface area contributed by atoms with Gasteiger partial charge < -0.3 is 11.1 Å². The molecule has 3 atom stereocenters. The second-order valence-corrected chi connectivity index (χ2v) is 6.83. The molecule has 1 heterocycles. The van der Waals surface area contributed by atoms with Crippen LogP contribution in [0.5, 0.6) is 0 Å². The van der Waals surface area contributed by atoms with Crippen LogP contribution < -0.4 is 11.1 Å². The number of halogens is 2. The number of anilines is 2. The van der Waals surface area contributed by atoms with Gasteiger partial charge in [-0.1, -0.05) is 41.4 Å². The molecule has 4 heteroatoms. The highest BCUT2D eigenvalue weighted by atomic mass is 35.5. The van der Waals surface area contributed by atoms with E-state index in [2.05, 4.69) is 29.6 Å². The highest BCUT2D eigenvalue weighted by Crippen LogP contribution is 2.51. The first kappa shape index (κ1) is 14.0. The fraction of sp³-hybridized carbons (Fsp3) is 0.222. The summed E-state index contributed by atoms with van der Waals surface area (Å²) in [5, 5.41) is 5.03. The molecule has 0 amide bonds. The summed E-state index contributed by atoms with van der Waals surface area (Å²) in [6.07, 6.45) is 5.59. The van der Waals surface area contributed by atoms with Gasteiger partial charge in [-0.25, -0.2) is 0 Å². The van der Waals surface area contributed by atoms with E-state index in [0.29, 0.717) is 16.9 Å². The molecule has 2 aliphatic rings. The normalized spacial score (nSPS) is 25.5. The van der Waals surface area contributed by atoms with E-state index in [9.17, 15) is 0 Å². The topological polar surface area (TPSA) is 38.0 Å². The molecule has 22 heavy (non-hydrogen) atoms. The Bertz CT molecular complexity index is 770. The van der Waals surface area contributed by atoms with Crippen molar-refractivity contribution in [3.63, 3.8) is 0 Å². The molecule has 0 saturated heterocycles. The molecule has 112 valence electrons. The van der Waals surface area contributed by atoms with Crippen molar-refractivity contribution >= 4 is 34.6 Å². The van der Waals surface area contributed by atoms with Crippen LogP contribution in [-0.4, -0.2) is 0 Å². The number of hydrogen-bond donors (Lipinski definition) is 2. The average Bonchev–Trinajstić information content (AvgIpc) is 2.97. The summed E-state index contributed by atoms with van der Waals surface area (Å²) in [5.74, 6) is 0.837. The smallest absolute Gasteiger partial charge is 0.0568 e. The summed E-state index contributed by atoms with van der Waals surface area (Å²) in [6, 6.07) is 12.0. The summed E-state index contributed by atoms with van der Waals surface area (Å²) in [4.78, 5) is 0. The van der Waals surface area contributed by atoms with Crippen molar-refractivity contribution in [2.24, 2.45) is 5.92 Å². The molecule has 2 aromatic rings. The molecule has 0 fully saturated rings. The first-order valence-electron chi connectivity index (χ1n) is 7.41. The van der Waals surface area contributed by atoms with Crippen molar-refractivity contribution in [3.8, 4) is 0 Å². The summed E-state index contributed by atoms with van der Waals surface area (Å²) in [7, 11) is 0. The van der Waals surface area contributed by atoms with Crippen molar-refractivity contribution in [3.05, 3.63) is 69.7 Å². The largest absolute Gasteiger partial charge is 0.399 e. The van der Waals surface area contributed by atoms with Crippen LogP contribution >= 0.6 is 23.2 Å². The van der Waals surface area contributed by atoms with E-state index in [1.165, 1.54) is 5.56 Å². The van der Waals surface area contributed by atoms with Crippen LogP contribution in [0, 0.1) is 5.92 Å². The van der Waals surface area contributed by atoms with Gasteiger partial charge in [0.05, 0.1) is 6.04 Å². The number of nitrogen functional groups attached to an aromatic ring is 1. The first-order chi connectivity index (χ1) is 10.6. The molecule has 0 spiro atoms. The van der Waals surface area contributed by atoms with Crippen LogP contribution in [0.15, 0.2) is 48.6 Å². The lowest BCUT2D eigenvalue weighted by Crippen LogP contribution is -2.29. The Labute approximate surface area is 139 Å². The van der Waals surface area contributed by atoms with E-state index < -0.39 is 0 Å². The van der Waals surface area contributed by atoms with Crippen LogP contribution in [0.1, 0.15) is 29.5 Å². The monoisotopic (exact) mass is 330 g/mol. The van der Waals surface area contributed by atoms with Crippen LogP contribution in [0.3, 0.4) is 0 Å². The second-order valence-electron chi connectivity index (χ2n) is 5.99. The molecule has 0 radical (unpaired) electrons. The van der Waals surface area contributed by atoms with E-state index in [-0.39, 0.29) is 6.04 Å². The van der Waals surface area contributed by atoms with Crippen LogP contribution in [0.4, 0.5) is 11.4 Å². The van der Waals surface area contributed by atoms with Gasteiger partial charge in [0, 0.05) is 27.3 Å². The van der Waals surface area contributed by atoms with E-state index in [1.54, 1.807) is 0 Å². The van der Waals surface area contributed by atoms with E-state index in [4.69, 9.17) is 28.9 Å². The fourth-order valence-corrected chi connectivity index (χ4v) is 4.20. The van der Waals surface area contributed by atoms with Crippen LogP contribution in [0.2, 0.25) is 10.0 Å². The fourth-order valence-electron chi connectivity index (χ4n) is 3.67. The molecule has 0 aromatic heterocycles. The van der Waals surface area contributed by atoms with Gasteiger partial charge in [0.25, 0.3) is 0 Å². The van der Waals surface area contributed by atoms with Crippen molar-refractivity contribution in [1.29, 1.82) is 0 Å². The Morgan fingerprint density at radius 3 is 2.73 bits per heavy atom. The van der Waals surface area contributed by atoms with Gasteiger partial charge in [-0.2, -0.15) is 0 Å². The molecular weight excluding hydrogens is 315 g/mol. The summed E-state index contributed by atoms with van der Waals surface area (Å²) in [5.41, 5.74) is 10.3.